The van der Waals surface area contributed by atoms with Crippen molar-refractivity contribution in [2.45, 2.75) is 20.3 Å². The van der Waals surface area contributed by atoms with Crippen molar-refractivity contribution in [3.05, 3.63) is 29.6 Å². The van der Waals surface area contributed by atoms with E-state index in [2.05, 4.69) is 13.8 Å². The lowest BCUT2D eigenvalue weighted by molar-refractivity contribution is 0.0299. The first kappa shape index (κ1) is 15.4. The summed E-state index contributed by atoms with van der Waals surface area (Å²) in [6.45, 7) is 5.27. The molecule has 0 unspecified atom stereocenters. The van der Waals surface area contributed by atoms with Gasteiger partial charge < -0.3 is 15.2 Å². The number of hydrogen-bond acceptors (Lipinski definition) is 4. The van der Waals surface area contributed by atoms with Gasteiger partial charge in [-0.05, 0) is 30.5 Å². The monoisotopic (exact) mass is 269 g/mol. The van der Waals surface area contributed by atoms with Gasteiger partial charge in [-0.2, -0.15) is 0 Å². The number of halogens is 1. The molecule has 1 aromatic carbocycles. The topological polar surface area (TPSA) is 61.5 Å². The van der Waals surface area contributed by atoms with E-state index in [0.717, 1.165) is 12.5 Å². The summed E-state index contributed by atoms with van der Waals surface area (Å²) >= 11 is 0. The van der Waals surface area contributed by atoms with Crippen LogP contribution in [0.5, 0.6) is 0 Å². The predicted molar refractivity (Wildman–Crippen MR) is 71.4 cm³/mol. The molecule has 0 saturated carbocycles. The van der Waals surface area contributed by atoms with Gasteiger partial charge in [0.25, 0.3) is 0 Å². The first-order valence-corrected chi connectivity index (χ1v) is 6.30. The average molecular weight is 269 g/mol. The molecule has 0 aliphatic carbocycles. The first-order valence-electron chi connectivity index (χ1n) is 6.30. The van der Waals surface area contributed by atoms with E-state index in [1.807, 2.05) is 0 Å². The normalized spacial score (nSPS) is 10.7. The van der Waals surface area contributed by atoms with Crippen molar-refractivity contribution in [2.24, 2.45) is 5.92 Å². The molecule has 106 valence electrons. The van der Waals surface area contributed by atoms with Crippen LogP contribution in [0.4, 0.5) is 10.1 Å². The number of esters is 1. The molecular formula is C14H20FNO3. The Bertz CT molecular complexity index is 421. The largest absolute Gasteiger partial charge is 0.460 e. The lowest BCUT2D eigenvalue weighted by Gasteiger charge is -2.08. The number of anilines is 1. The van der Waals surface area contributed by atoms with Gasteiger partial charge in [0, 0.05) is 12.3 Å². The summed E-state index contributed by atoms with van der Waals surface area (Å²) in [4.78, 5) is 11.6. The number of benzene rings is 1. The number of ether oxygens (including phenoxy) is 2. The summed E-state index contributed by atoms with van der Waals surface area (Å²) in [5, 5.41) is 0. The summed E-state index contributed by atoms with van der Waals surface area (Å²) in [6, 6.07) is 3.86. The number of hydrogen-bond donors (Lipinski definition) is 1. The number of carbonyl (C=O) groups is 1. The lowest BCUT2D eigenvalue weighted by atomic mass is 10.1. The standard InChI is InChI=1S/C14H20FNO3/c1-10(2)5-6-18-7-8-19-14(17)12-4-3-11(16)9-13(12)15/h3-4,9-10H,5-8,16H2,1-2H3. The van der Waals surface area contributed by atoms with Crippen molar-refractivity contribution >= 4 is 11.7 Å². The highest BCUT2D eigenvalue weighted by Gasteiger charge is 2.12. The van der Waals surface area contributed by atoms with Gasteiger partial charge >= 0.3 is 5.97 Å². The van der Waals surface area contributed by atoms with Crippen LogP contribution in [-0.4, -0.2) is 25.8 Å². The smallest absolute Gasteiger partial charge is 0.341 e. The van der Waals surface area contributed by atoms with Crippen molar-refractivity contribution in [2.75, 3.05) is 25.6 Å². The molecule has 0 bridgehead atoms. The van der Waals surface area contributed by atoms with Crippen molar-refractivity contribution in [1.29, 1.82) is 0 Å². The van der Waals surface area contributed by atoms with Crippen LogP contribution in [0.1, 0.15) is 30.6 Å². The van der Waals surface area contributed by atoms with Crippen LogP contribution in [0, 0.1) is 11.7 Å². The Kier molecular flexibility index (Phi) is 6.29. The van der Waals surface area contributed by atoms with Crippen LogP contribution in [0.2, 0.25) is 0 Å². The molecule has 0 amide bonds. The molecule has 0 heterocycles. The molecule has 1 rings (SSSR count). The maximum Gasteiger partial charge on any atom is 0.341 e. The molecule has 0 atom stereocenters. The molecule has 4 nitrogen and oxygen atoms in total. The van der Waals surface area contributed by atoms with E-state index < -0.39 is 11.8 Å². The fourth-order valence-electron chi connectivity index (χ4n) is 1.39. The molecule has 5 heteroatoms. The summed E-state index contributed by atoms with van der Waals surface area (Å²) in [5.74, 6) is -0.804. The van der Waals surface area contributed by atoms with Crippen molar-refractivity contribution in [3.8, 4) is 0 Å². The van der Waals surface area contributed by atoms with Crippen molar-refractivity contribution in [3.63, 3.8) is 0 Å². The van der Waals surface area contributed by atoms with Crippen LogP contribution in [0.25, 0.3) is 0 Å². The summed E-state index contributed by atoms with van der Waals surface area (Å²) < 4.78 is 23.6. The van der Waals surface area contributed by atoms with Gasteiger partial charge in [0.05, 0.1) is 12.2 Å². The zero-order valence-electron chi connectivity index (χ0n) is 11.3. The third-order valence-corrected chi connectivity index (χ3v) is 2.51. The minimum atomic E-state index is -0.704. The van der Waals surface area contributed by atoms with E-state index in [0.29, 0.717) is 19.1 Å². The lowest BCUT2D eigenvalue weighted by Crippen LogP contribution is -2.13. The van der Waals surface area contributed by atoms with Gasteiger partial charge in [-0.25, -0.2) is 9.18 Å². The van der Waals surface area contributed by atoms with E-state index in [1.54, 1.807) is 0 Å². The quantitative estimate of drug-likeness (QED) is 0.469. The van der Waals surface area contributed by atoms with E-state index in [9.17, 15) is 9.18 Å². The van der Waals surface area contributed by atoms with Gasteiger partial charge in [0.15, 0.2) is 0 Å². The Hall–Kier alpha value is -1.62. The fraction of sp³-hybridized carbons (Fsp3) is 0.500. The van der Waals surface area contributed by atoms with E-state index in [1.165, 1.54) is 12.1 Å². The van der Waals surface area contributed by atoms with Gasteiger partial charge in [-0.1, -0.05) is 13.8 Å². The maximum atomic E-state index is 13.4. The van der Waals surface area contributed by atoms with Gasteiger partial charge in [-0.3, -0.25) is 0 Å². The minimum absolute atomic E-state index is 0.112. The summed E-state index contributed by atoms with van der Waals surface area (Å²) in [5.41, 5.74) is 5.55. The Balaban J connectivity index is 2.28. The second-order valence-electron chi connectivity index (χ2n) is 4.67. The minimum Gasteiger partial charge on any atom is -0.460 e. The zero-order chi connectivity index (χ0) is 14.3. The van der Waals surface area contributed by atoms with Crippen LogP contribution in [-0.2, 0) is 9.47 Å². The second kappa shape index (κ2) is 7.74. The van der Waals surface area contributed by atoms with E-state index in [4.69, 9.17) is 15.2 Å². The molecule has 19 heavy (non-hydrogen) atoms. The van der Waals surface area contributed by atoms with E-state index >= 15 is 0 Å². The zero-order valence-corrected chi connectivity index (χ0v) is 11.3. The van der Waals surface area contributed by atoms with Crippen LogP contribution in [0.3, 0.4) is 0 Å². The Morgan fingerprint density at radius 3 is 2.68 bits per heavy atom. The third-order valence-electron chi connectivity index (χ3n) is 2.51. The first-order chi connectivity index (χ1) is 9.00. The van der Waals surface area contributed by atoms with Crippen molar-refractivity contribution in [1.82, 2.24) is 0 Å². The maximum absolute atomic E-state index is 13.4. The molecule has 0 saturated heterocycles. The predicted octanol–water partition coefficient (Wildman–Crippen LogP) is 2.63. The number of carbonyl (C=O) groups excluding carboxylic acids is 1. The molecule has 0 spiro atoms. The molecule has 0 radical (unpaired) electrons. The van der Waals surface area contributed by atoms with Gasteiger partial charge in [0.2, 0.25) is 0 Å². The average Bonchev–Trinajstić information content (AvgIpc) is 2.32. The van der Waals surface area contributed by atoms with Crippen LogP contribution >= 0.6 is 0 Å². The summed E-state index contributed by atoms with van der Waals surface area (Å²) in [7, 11) is 0. The highest BCUT2D eigenvalue weighted by Crippen LogP contribution is 2.12. The second-order valence-corrected chi connectivity index (χ2v) is 4.67. The fourth-order valence-corrected chi connectivity index (χ4v) is 1.39. The molecule has 2 N–H and O–H groups in total. The third kappa shape index (κ3) is 5.70. The SMILES string of the molecule is CC(C)CCOCCOC(=O)c1ccc(N)cc1F. The Labute approximate surface area is 112 Å². The molecular weight excluding hydrogens is 249 g/mol. The molecule has 0 aliphatic rings. The van der Waals surface area contributed by atoms with Crippen LogP contribution in [0.15, 0.2) is 18.2 Å². The Morgan fingerprint density at radius 2 is 2.05 bits per heavy atom. The van der Waals surface area contributed by atoms with E-state index in [-0.39, 0.29) is 17.9 Å². The number of nitrogens with two attached hydrogens (primary N) is 1. The summed E-state index contributed by atoms with van der Waals surface area (Å²) in [6.07, 6.45) is 0.959. The molecule has 0 aliphatic heterocycles. The van der Waals surface area contributed by atoms with Crippen molar-refractivity contribution < 1.29 is 18.7 Å². The highest BCUT2D eigenvalue weighted by atomic mass is 19.1. The molecule has 0 aromatic heterocycles. The Morgan fingerprint density at radius 1 is 1.32 bits per heavy atom. The number of nitrogen functional groups attached to an aromatic ring is 1. The highest BCUT2D eigenvalue weighted by molar-refractivity contribution is 5.90. The molecule has 0 fully saturated rings. The van der Waals surface area contributed by atoms with Gasteiger partial charge in [0.1, 0.15) is 12.4 Å². The van der Waals surface area contributed by atoms with Gasteiger partial charge in [-0.15, -0.1) is 0 Å². The van der Waals surface area contributed by atoms with Crippen LogP contribution < -0.4 is 5.73 Å². The number of rotatable bonds is 7. The molecule has 1 aromatic rings.